The monoisotopic (exact) mass is 406 g/mol. The van der Waals surface area contributed by atoms with Gasteiger partial charge in [-0.2, -0.15) is 8.42 Å². The largest absolute Gasteiger partial charge is 1.00 e. The van der Waals surface area contributed by atoms with Gasteiger partial charge in [0.05, 0.1) is 52.9 Å². The minimum absolute atomic E-state index is 0. The Morgan fingerprint density at radius 1 is 1.00 bits per heavy atom. The van der Waals surface area contributed by atoms with Crippen LogP contribution in [0.25, 0.3) is 0 Å². The SMILES string of the molecule is C=CCOC(CCOCCOCCOCCOC)S(=O)(=O)O.C=C[CH2-].[Na+]. The van der Waals surface area contributed by atoms with Crippen LogP contribution in [-0.4, -0.2) is 78.4 Å². The molecule has 0 heterocycles. The average molecular weight is 406 g/mol. The predicted molar refractivity (Wildman–Crippen MR) is 96.0 cm³/mol. The minimum atomic E-state index is -4.26. The molecule has 150 valence electrons. The summed E-state index contributed by atoms with van der Waals surface area (Å²) in [6, 6.07) is 0. The van der Waals surface area contributed by atoms with E-state index in [2.05, 4.69) is 20.1 Å². The quantitative estimate of drug-likeness (QED) is 0.109. The maximum Gasteiger partial charge on any atom is 1.00 e. The summed E-state index contributed by atoms with van der Waals surface area (Å²) in [5.74, 6) is 0. The summed E-state index contributed by atoms with van der Waals surface area (Å²) in [5, 5.41) is 0. The maximum atomic E-state index is 11.0. The van der Waals surface area contributed by atoms with Gasteiger partial charge in [-0.15, -0.1) is 6.58 Å². The third-order valence-corrected chi connectivity index (χ3v) is 3.44. The van der Waals surface area contributed by atoms with Gasteiger partial charge >= 0.3 is 29.6 Å². The summed E-state index contributed by atoms with van der Waals surface area (Å²) in [5.41, 5.74) is -1.30. The normalized spacial score (nSPS) is 11.6. The molecular weight excluding hydrogens is 375 g/mol. The van der Waals surface area contributed by atoms with E-state index < -0.39 is 15.6 Å². The molecule has 0 aliphatic heterocycles. The Kier molecular flexibility index (Phi) is 27.3. The minimum Gasteiger partial charge on any atom is -0.382 e. The van der Waals surface area contributed by atoms with E-state index in [9.17, 15) is 8.42 Å². The molecule has 8 nitrogen and oxygen atoms in total. The van der Waals surface area contributed by atoms with Crippen LogP contribution in [0.1, 0.15) is 6.42 Å². The molecule has 0 saturated carbocycles. The van der Waals surface area contributed by atoms with E-state index in [1.54, 1.807) is 7.11 Å². The summed E-state index contributed by atoms with van der Waals surface area (Å²) >= 11 is 0. The molecule has 26 heavy (non-hydrogen) atoms. The Labute approximate surface area is 179 Å². The second-order valence-corrected chi connectivity index (χ2v) is 6.03. The van der Waals surface area contributed by atoms with Crippen molar-refractivity contribution in [3.05, 3.63) is 32.2 Å². The van der Waals surface area contributed by atoms with Gasteiger partial charge in [0.1, 0.15) is 0 Å². The third kappa shape index (κ3) is 24.1. The number of methoxy groups -OCH3 is 1. The van der Waals surface area contributed by atoms with Crippen molar-refractivity contribution >= 4 is 10.1 Å². The summed E-state index contributed by atoms with van der Waals surface area (Å²) in [6.45, 7) is 12.8. The molecular formula is C16H31NaO8S. The number of rotatable bonds is 16. The first-order valence-electron chi connectivity index (χ1n) is 7.75. The zero-order valence-electron chi connectivity index (χ0n) is 15.9. The fourth-order valence-electron chi connectivity index (χ4n) is 1.36. The van der Waals surface area contributed by atoms with Gasteiger partial charge in [-0.1, -0.05) is 6.08 Å². The zero-order chi connectivity index (χ0) is 19.4. The van der Waals surface area contributed by atoms with Crippen LogP contribution in [0.5, 0.6) is 0 Å². The fraction of sp³-hybridized carbons (Fsp3) is 0.688. The summed E-state index contributed by atoms with van der Waals surface area (Å²) in [7, 11) is -2.65. The maximum absolute atomic E-state index is 11.0. The van der Waals surface area contributed by atoms with Gasteiger partial charge in [-0.3, -0.25) is 4.55 Å². The van der Waals surface area contributed by atoms with Crippen molar-refractivity contribution in [2.45, 2.75) is 11.9 Å². The molecule has 0 aliphatic carbocycles. The van der Waals surface area contributed by atoms with E-state index in [0.717, 1.165) is 0 Å². The van der Waals surface area contributed by atoms with Crippen LogP contribution in [0.4, 0.5) is 0 Å². The van der Waals surface area contributed by atoms with Crippen molar-refractivity contribution in [3.8, 4) is 0 Å². The molecule has 10 heteroatoms. The van der Waals surface area contributed by atoms with E-state index in [4.69, 9.17) is 28.2 Å². The van der Waals surface area contributed by atoms with E-state index in [1.165, 1.54) is 12.2 Å². The molecule has 0 saturated heterocycles. The topological polar surface area (TPSA) is 101 Å². The first-order valence-corrected chi connectivity index (χ1v) is 9.25. The van der Waals surface area contributed by atoms with Gasteiger partial charge in [0.2, 0.25) is 0 Å². The van der Waals surface area contributed by atoms with Crippen LogP contribution in [0.15, 0.2) is 25.3 Å². The number of ether oxygens (including phenoxy) is 5. The Hall–Kier alpha value is 0.0600. The van der Waals surface area contributed by atoms with Crippen molar-refractivity contribution in [1.82, 2.24) is 0 Å². The summed E-state index contributed by atoms with van der Waals surface area (Å²) < 4.78 is 56.5. The molecule has 1 N–H and O–H groups in total. The van der Waals surface area contributed by atoms with Crippen molar-refractivity contribution < 1.29 is 66.2 Å². The van der Waals surface area contributed by atoms with Crippen molar-refractivity contribution in [2.24, 2.45) is 0 Å². The number of hydrogen-bond donors (Lipinski definition) is 1. The van der Waals surface area contributed by atoms with Crippen LogP contribution in [0.3, 0.4) is 0 Å². The molecule has 0 aliphatic rings. The van der Waals surface area contributed by atoms with Crippen molar-refractivity contribution in [1.29, 1.82) is 0 Å². The number of allylic oxidation sites excluding steroid dienone is 1. The molecule has 0 radical (unpaired) electrons. The summed E-state index contributed by atoms with van der Waals surface area (Å²) in [4.78, 5) is 0. The van der Waals surface area contributed by atoms with E-state index in [0.29, 0.717) is 39.6 Å². The number of hydrogen-bond acceptors (Lipinski definition) is 7. The van der Waals surface area contributed by atoms with Crippen LogP contribution in [0.2, 0.25) is 0 Å². The molecule has 0 aromatic carbocycles. The standard InChI is InChI=1S/C13H26O8S.C3H5.Na/c1-3-5-21-13(22(14,15)16)4-6-18-9-10-20-12-11-19-8-7-17-2;1-3-2;/h3,13H,1,4-12H2,2H3,(H,14,15,16);3H,1-2H2;/q;-1;+1. The second kappa shape index (κ2) is 23.1. The van der Waals surface area contributed by atoms with Crippen LogP contribution < -0.4 is 29.6 Å². The van der Waals surface area contributed by atoms with E-state index >= 15 is 0 Å². The predicted octanol–water partition coefficient (Wildman–Crippen LogP) is -1.50. The Morgan fingerprint density at radius 3 is 1.81 bits per heavy atom. The van der Waals surface area contributed by atoms with Gasteiger partial charge in [0.25, 0.3) is 10.1 Å². The van der Waals surface area contributed by atoms with Gasteiger partial charge < -0.3 is 23.7 Å². The summed E-state index contributed by atoms with van der Waals surface area (Å²) in [6.07, 6.45) is 2.94. The smallest absolute Gasteiger partial charge is 0.382 e. The van der Waals surface area contributed by atoms with Gasteiger partial charge in [0, 0.05) is 13.5 Å². The molecule has 1 unspecified atom stereocenters. The molecule has 0 aromatic rings. The molecule has 0 fully saturated rings. The van der Waals surface area contributed by atoms with Gasteiger partial charge in [-0.05, 0) is 0 Å². The van der Waals surface area contributed by atoms with Gasteiger partial charge in [-0.25, -0.2) is 19.6 Å². The van der Waals surface area contributed by atoms with Crippen LogP contribution >= 0.6 is 0 Å². The van der Waals surface area contributed by atoms with Crippen molar-refractivity contribution in [3.63, 3.8) is 0 Å². The molecule has 0 bridgehead atoms. The van der Waals surface area contributed by atoms with Crippen LogP contribution in [-0.2, 0) is 33.8 Å². The van der Waals surface area contributed by atoms with Gasteiger partial charge in [0.15, 0.2) is 5.44 Å². The van der Waals surface area contributed by atoms with E-state index in [1.807, 2.05) is 0 Å². The first kappa shape index (κ1) is 30.8. The fourth-order valence-corrected chi connectivity index (χ4v) is 2.00. The third-order valence-electron chi connectivity index (χ3n) is 2.41. The first-order chi connectivity index (χ1) is 11.9. The molecule has 0 rings (SSSR count). The second-order valence-electron chi connectivity index (χ2n) is 4.47. The van der Waals surface area contributed by atoms with Crippen molar-refractivity contribution in [2.75, 3.05) is 60.0 Å². The molecule has 1 atom stereocenters. The van der Waals surface area contributed by atoms with E-state index in [-0.39, 0.29) is 49.2 Å². The average Bonchev–Trinajstić information content (AvgIpc) is 2.55. The van der Waals surface area contributed by atoms with Crippen LogP contribution in [0, 0.1) is 6.92 Å². The molecule has 0 aromatic heterocycles. The molecule has 0 spiro atoms. The Balaban J connectivity index is -0.00000123. The Morgan fingerprint density at radius 2 is 1.42 bits per heavy atom. The molecule has 0 amide bonds. The Bertz CT molecular complexity index is 403. The zero-order valence-corrected chi connectivity index (χ0v) is 18.7.